The molecule has 25 heavy (non-hydrogen) atoms. The van der Waals surface area contributed by atoms with Crippen molar-refractivity contribution < 1.29 is 9.84 Å². The molecule has 0 aliphatic rings. The van der Waals surface area contributed by atoms with Crippen molar-refractivity contribution in [1.82, 2.24) is 9.38 Å². The van der Waals surface area contributed by atoms with Crippen molar-refractivity contribution in [2.24, 2.45) is 0 Å². The third-order valence-electron chi connectivity index (χ3n) is 3.81. The molecular formula is C18H13ClN2O3S. The summed E-state index contributed by atoms with van der Waals surface area (Å²) < 4.78 is 7.15. The van der Waals surface area contributed by atoms with Gasteiger partial charge in [-0.2, -0.15) is 0 Å². The molecule has 0 spiro atoms. The number of fused-ring (bicyclic) bond motifs is 3. The fourth-order valence-electron chi connectivity index (χ4n) is 2.73. The number of thiazole rings is 1. The zero-order valence-corrected chi connectivity index (χ0v) is 14.8. The predicted molar refractivity (Wildman–Crippen MR) is 99.9 cm³/mol. The van der Waals surface area contributed by atoms with Crippen LogP contribution in [0.15, 0.2) is 41.2 Å². The lowest BCUT2D eigenvalue weighted by Crippen LogP contribution is -2.23. The number of hydrogen-bond donors (Lipinski definition) is 1. The Hall–Kier alpha value is -2.57. The van der Waals surface area contributed by atoms with E-state index in [1.54, 1.807) is 36.4 Å². The Morgan fingerprint density at radius 3 is 2.96 bits per heavy atom. The van der Waals surface area contributed by atoms with Crippen LogP contribution < -0.4 is 14.8 Å². The maximum atomic E-state index is 12.4. The molecule has 2 heterocycles. The number of aromatic hydroxyl groups is 1. The Balaban J connectivity index is 1.98. The van der Waals surface area contributed by atoms with Crippen LogP contribution in [0.5, 0.6) is 11.5 Å². The second kappa shape index (κ2) is 6.06. The highest BCUT2D eigenvalue weighted by Crippen LogP contribution is 2.27. The number of halogens is 1. The minimum absolute atomic E-state index is 0.0690. The van der Waals surface area contributed by atoms with Crippen LogP contribution in [0.1, 0.15) is 12.5 Å². The van der Waals surface area contributed by atoms with Gasteiger partial charge in [-0.05, 0) is 48.9 Å². The number of hydrogen-bond acceptors (Lipinski definition) is 5. The maximum Gasteiger partial charge on any atom is 0.259 e. The van der Waals surface area contributed by atoms with Gasteiger partial charge in [0.05, 0.1) is 17.6 Å². The summed E-state index contributed by atoms with van der Waals surface area (Å²) in [6, 6.07) is 10.4. The Kier molecular flexibility index (Phi) is 3.86. The molecule has 0 saturated heterocycles. The van der Waals surface area contributed by atoms with E-state index in [0.717, 1.165) is 27.9 Å². The van der Waals surface area contributed by atoms with Crippen molar-refractivity contribution in [1.29, 1.82) is 0 Å². The molecule has 0 amide bonds. The van der Waals surface area contributed by atoms with Crippen LogP contribution >= 0.6 is 22.9 Å². The first kappa shape index (κ1) is 15.9. The number of phenols is 1. The predicted octanol–water partition coefficient (Wildman–Crippen LogP) is 3.21. The lowest BCUT2D eigenvalue weighted by atomic mass is 10.2. The Bertz CT molecular complexity index is 1210. The van der Waals surface area contributed by atoms with E-state index in [4.69, 9.17) is 16.3 Å². The summed E-state index contributed by atoms with van der Waals surface area (Å²) >= 11 is 7.11. The molecule has 7 heteroatoms. The van der Waals surface area contributed by atoms with Gasteiger partial charge < -0.3 is 9.84 Å². The summed E-state index contributed by atoms with van der Waals surface area (Å²) in [5.41, 5.74) is 2.33. The minimum Gasteiger partial charge on any atom is -0.504 e. The summed E-state index contributed by atoms with van der Waals surface area (Å²) in [5.74, 6) is 0.456. The van der Waals surface area contributed by atoms with E-state index in [1.165, 1.54) is 0 Å². The highest BCUT2D eigenvalue weighted by Gasteiger charge is 2.11. The summed E-state index contributed by atoms with van der Waals surface area (Å²) in [6.45, 7) is 2.29. The number of nitrogens with zero attached hydrogens (tertiary/aromatic N) is 2. The van der Waals surface area contributed by atoms with E-state index in [2.05, 4.69) is 4.98 Å². The molecule has 0 unspecified atom stereocenters. The van der Waals surface area contributed by atoms with E-state index in [-0.39, 0.29) is 10.5 Å². The molecule has 2 aromatic carbocycles. The van der Waals surface area contributed by atoms with Crippen molar-refractivity contribution in [3.63, 3.8) is 0 Å². The molecule has 0 aliphatic carbocycles. The van der Waals surface area contributed by atoms with Crippen molar-refractivity contribution in [3.05, 3.63) is 61.9 Å². The first-order chi connectivity index (χ1) is 12.1. The average Bonchev–Trinajstić information content (AvgIpc) is 3.06. The van der Waals surface area contributed by atoms with Gasteiger partial charge in [0, 0.05) is 5.02 Å². The fraction of sp³-hybridized carbons (Fsp3) is 0.111. The zero-order valence-electron chi connectivity index (χ0n) is 13.2. The summed E-state index contributed by atoms with van der Waals surface area (Å²) in [7, 11) is 0. The van der Waals surface area contributed by atoms with Gasteiger partial charge in [0.2, 0.25) is 0 Å². The van der Waals surface area contributed by atoms with E-state index in [0.29, 0.717) is 27.7 Å². The normalized spacial score (nSPS) is 12.3. The van der Waals surface area contributed by atoms with Crippen molar-refractivity contribution in [2.75, 3.05) is 6.61 Å². The van der Waals surface area contributed by atoms with Gasteiger partial charge in [-0.3, -0.25) is 9.20 Å². The van der Waals surface area contributed by atoms with Gasteiger partial charge >= 0.3 is 0 Å². The van der Waals surface area contributed by atoms with Crippen LogP contribution in [0.4, 0.5) is 0 Å². The number of imidazole rings is 1. The third-order valence-corrected chi connectivity index (χ3v) is 4.89. The highest BCUT2D eigenvalue weighted by molar-refractivity contribution is 7.14. The van der Waals surface area contributed by atoms with Crippen molar-refractivity contribution in [3.8, 4) is 11.5 Å². The molecule has 2 aromatic heterocycles. The van der Waals surface area contributed by atoms with Crippen molar-refractivity contribution >= 4 is 45.0 Å². The van der Waals surface area contributed by atoms with Gasteiger partial charge in [-0.15, -0.1) is 0 Å². The van der Waals surface area contributed by atoms with Crippen LogP contribution in [0.3, 0.4) is 0 Å². The summed E-state index contributed by atoms with van der Waals surface area (Å²) in [4.78, 5) is 17.5. The van der Waals surface area contributed by atoms with E-state index < -0.39 is 0 Å². The number of phenolic OH excluding ortho intramolecular Hbond substituents is 1. The van der Waals surface area contributed by atoms with Crippen LogP contribution in [0.2, 0.25) is 5.02 Å². The molecule has 0 fully saturated rings. The highest BCUT2D eigenvalue weighted by atomic mass is 35.5. The molecule has 1 N–H and O–H groups in total. The van der Waals surface area contributed by atoms with Gasteiger partial charge in [-0.25, -0.2) is 4.98 Å². The Labute approximate surface area is 151 Å². The lowest BCUT2D eigenvalue weighted by Gasteiger charge is -2.06. The van der Waals surface area contributed by atoms with Crippen molar-refractivity contribution in [2.45, 2.75) is 6.92 Å². The molecule has 4 rings (SSSR count). The zero-order chi connectivity index (χ0) is 17.6. The topological polar surface area (TPSA) is 63.8 Å². The monoisotopic (exact) mass is 372 g/mol. The van der Waals surface area contributed by atoms with E-state index in [9.17, 15) is 9.90 Å². The van der Waals surface area contributed by atoms with Gasteiger partial charge in [0.1, 0.15) is 5.35 Å². The van der Waals surface area contributed by atoms with Gasteiger partial charge in [0.25, 0.3) is 4.74 Å². The minimum atomic E-state index is -0.0783. The Morgan fingerprint density at radius 2 is 2.16 bits per heavy atom. The fourth-order valence-corrected chi connectivity index (χ4v) is 3.75. The molecule has 0 radical (unpaired) electrons. The third kappa shape index (κ3) is 2.73. The smallest absolute Gasteiger partial charge is 0.259 e. The van der Waals surface area contributed by atoms with E-state index >= 15 is 0 Å². The quantitative estimate of drug-likeness (QED) is 0.599. The van der Waals surface area contributed by atoms with Crippen LogP contribution in [-0.2, 0) is 0 Å². The van der Waals surface area contributed by atoms with Gasteiger partial charge in [-0.1, -0.05) is 29.0 Å². The molecule has 0 atom stereocenters. The van der Waals surface area contributed by atoms with E-state index in [1.807, 2.05) is 17.4 Å². The molecule has 0 aliphatic heterocycles. The lowest BCUT2D eigenvalue weighted by molar-refractivity contribution is 0.318. The molecule has 4 aromatic rings. The first-order valence-corrected chi connectivity index (χ1v) is 8.84. The number of rotatable bonds is 3. The number of benzene rings is 2. The van der Waals surface area contributed by atoms with Crippen LogP contribution in [0, 0.1) is 0 Å². The maximum absolute atomic E-state index is 12.4. The molecular weight excluding hydrogens is 360 g/mol. The molecule has 5 nitrogen and oxygen atoms in total. The average molecular weight is 373 g/mol. The molecule has 0 saturated carbocycles. The molecule has 126 valence electrons. The summed E-state index contributed by atoms with van der Waals surface area (Å²) in [6.07, 6.45) is 1.77. The van der Waals surface area contributed by atoms with Crippen LogP contribution in [-0.4, -0.2) is 21.1 Å². The largest absolute Gasteiger partial charge is 0.504 e. The second-order valence-electron chi connectivity index (χ2n) is 5.44. The number of aromatic nitrogens is 2. The second-order valence-corrected chi connectivity index (χ2v) is 6.82. The van der Waals surface area contributed by atoms with Crippen LogP contribution in [0.25, 0.3) is 22.1 Å². The first-order valence-electron chi connectivity index (χ1n) is 7.65. The van der Waals surface area contributed by atoms with Gasteiger partial charge in [0.15, 0.2) is 16.5 Å². The SMILES string of the molecule is CCOc1cc(/C=c2\c(=O)sc3nc4cc(Cl)ccc4n23)ccc1O. The number of ether oxygens (including phenoxy) is 1. The Morgan fingerprint density at radius 1 is 1.32 bits per heavy atom. The summed E-state index contributed by atoms with van der Waals surface area (Å²) in [5, 5.41) is 10.9. The standard InChI is InChI=1S/C18H13ClN2O3S/c1-2-24-16-8-10(3-6-15(16)22)7-14-17(23)25-18-20-12-9-11(19)4-5-13(12)21(14)18/h3-9,22H,2H2,1H3/b14-7+. The molecule has 0 bridgehead atoms.